The summed E-state index contributed by atoms with van der Waals surface area (Å²) in [6, 6.07) is 2.54. The van der Waals surface area contributed by atoms with E-state index in [1.165, 1.54) is 12.1 Å². The van der Waals surface area contributed by atoms with Gasteiger partial charge in [0.25, 0.3) is 0 Å². The van der Waals surface area contributed by atoms with Gasteiger partial charge in [0.1, 0.15) is 11.6 Å². The van der Waals surface area contributed by atoms with E-state index in [4.69, 9.17) is 0 Å². The summed E-state index contributed by atoms with van der Waals surface area (Å²) in [5.74, 6) is -1.18. The molecule has 0 amide bonds. The fraction of sp³-hybridized carbons (Fsp3) is 0.538. The Balaban J connectivity index is 2.84. The molecule has 0 aliphatic carbocycles. The second-order valence-corrected chi connectivity index (χ2v) is 5.21. The first-order valence-electron chi connectivity index (χ1n) is 5.77. The monoisotopic (exact) mass is 306 g/mol. The molecule has 1 nitrogen and oxygen atoms in total. The summed E-state index contributed by atoms with van der Waals surface area (Å²) in [5.41, 5.74) is -0.0465. The Labute approximate surface area is 109 Å². The van der Waals surface area contributed by atoms with Crippen LogP contribution in [0.15, 0.2) is 16.6 Å². The van der Waals surface area contributed by atoms with Crippen LogP contribution in [0.3, 0.4) is 0 Å². The van der Waals surface area contributed by atoms with Gasteiger partial charge in [-0.1, -0.05) is 20.3 Å². The Morgan fingerprint density at radius 1 is 1.35 bits per heavy atom. The fourth-order valence-corrected chi connectivity index (χ4v) is 2.19. The summed E-state index contributed by atoms with van der Waals surface area (Å²) in [6.45, 7) is 3.91. The molecule has 17 heavy (non-hydrogen) atoms. The average molecular weight is 307 g/mol. The van der Waals surface area contributed by atoms with E-state index in [-0.39, 0.29) is 22.4 Å². The molecule has 0 aromatic heterocycles. The molecule has 0 fully saturated rings. The van der Waals surface area contributed by atoms with E-state index in [2.05, 4.69) is 15.9 Å². The second-order valence-electron chi connectivity index (χ2n) is 4.36. The van der Waals surface area contributed by atoms with Crippen LogP contribution in [0.25, 0.3) is 0 Å². The predicted molar refractivity (Wildman–Crippen MR) is 67.8 cm³/mol. The van der Waals surface area contributed by atoms with Gasteiger partial charge in [-0.2, -0.15) is 0 Å². The smallest absolute Gasteiger partial charge is 0.143 e. The van der Waals surface area contributed by atoms with E-state index in [0.717, 1.165) is 12.8 Å². The Bertz CT molecular complexity index is 382. The lowest BCUT2D eigenvalue weighted by molar-refractivity contribution is 0.109. The lowest BCUT2D eigenvalue weighted by Gasteiger charge is -2.19. The first kappa shape index (κ1) is 14.6. The van der Waals surface area contributed by atoms with Gasteiger partial charge in [0.2, 0.25) is 0 Å². The topological polar surface area (TPSA) is 20.2 Å². The minimum atomic E-state index is -0.715. The van der Waals surface area contributed by atoms with Gasteiger partial charge in [-0.15, -0.1) is 0 Å². The number of hydrogen-bond donors (Lipinski definition) is 1. The molecule has 0 radical (unpaired) electrons. The number of aliphatic hydroxyl groups excluding tert-OH is 1. The van der Waals surface area contributed by atoms with Crippen molar-refractivity contribution in [3.63, 3.8) is 0 Å². The van der Waals surface area contributed by atoms with Crippen LogP contribution in [0.5, 0.6) is 0 Å². The van der Waals surface area contributed by atoms with Gasteiger partial charge >= 0.3 is 0 Å². The van der Waals surface area contributed by atoms with Crippen molar-refractivity contribution in [1.82, 2.24) is 0 Å². The first-order chi connectivity index (χ1) is 7.97. The van der Waals surface area contributed by atoms with Crippen LogP contribution in [0.4, 0.5) is 8.78 Å². The van der Waals surface area contributed by atoms with Crippen LogP contribution in [0, 0.1) is 17.6 Å². The Kier molecular flexibility index (Phi) is 5.53. The first-order valence-corrected chi connectivity index (χ1v) is 6.57. The molecule has 0 heterocycles. The number of rotatable bonds is 5. The van der Waals surface area contributed by atoms with Gasteiger partial charge in [0.05, 0.1) is 10.6 Å². The summed E-state index contributed by atoms with van der Waals surface area (Å²) in [7, 11) is 0. The molecule has 1 aromatic carbocycles. The summed E-state index contributed by atoms with van der Waals surface area (Å²) in [6.07, 6.45) is 1.09. The maximum atomic E-state index is 13.7. The molecule has 1 aromatic rings. The molecule has 4 heteroatoms. The number of benzene rings is 1. The van der Waals surface area contributed by atoms with Crippen molar-refractivity contribution in [2.45, 2.75) is 39.2 Å². The van der Waals surface area contributed by atoms with Gasteiger partial charge in [-0.25, -0.2) is 8.78 Å². The Morgan fingerprint density at radius 3 is 2.59 bits per heavy atom. The largest absolute Gasteiger partial charge is 0.393 e. The SMILES string of the molecule is CCCC(C)C(O)Cc1c(F)ccc(Br)c1F. The van der Waals surface area contributed by atoms with Crippen LogP contribution < -0.4 is 0 Å². The molecule has 1 rings (SSSR count). The summed E-state index contributed by atoms with van der Waals surface area (Å²) in [4.78, 5) is 0. The average Bonchev–Trinajstić information content (AvgIpc) is 2.29. The molecule has 1 N–H and O–H groups in total. The van der Waals surface area contributed by atoms with Crippen LogP contribution in [-0.2, 0) is 6.42 Å². The standard InChI is InChI=1S/C13H17BrF2O/c1-3-4-8(2)12(17)7-9-11(15)6-5-10(14)13(9)16/h5-6,8,12,17H,3-4,7H2,1-2H3. The van der Waals surface area contributed by atoms with Crippen molar-refractivity contribution < 1.29 is 13.9 Å². The van der Waals surface area contributed by atoms with Crippen molar-refractivity contribution in [1.29, 1.82) is 0 Å². The molecule has 0 aliphatic heterocycles. The molecule has 2 unspecified atom stereocenters. The molecule has 0 spiro atoms. The van der Waals surface area contributed by atoms with Crippen LogP contribution in [-0.4, -0.2) is 11.2 Å². The highest BCUT2D eigenvalue weighted by Gasteiger charge is 2.19. The highest BCUT2D eigenvalue weighted by molar-refractivity contribution is 9.10. The molecule has 0 saturated heterocycles. The molecule has 0 bridgehead atoms. The van der Waals surface area contributed by atoms with Crippen molar-refractivity contribution in [3.05, 3.63) is 33.8 Å². The number of halogens is 3. The lowest BCUT2D eigenvalue weighted by atomic mass is 9.93. The maximum Gasteiger partial charge on any atom is 0.143 e. The maximum absolute atomic E-state index is 13.7. The van der Waals surface area contributed by atoms with Crippen LogP contribution in [0.2, 0.25) is 0 Å². The van der Waals surface area contributed by atoms with Gasteiger partial charge in [0.15, 0.2) is 0 Å². The summed E-state index contributed by atoms with van der Waals surface area (Å²) in [5, 5.41) is 9.89. The van der Waals surface area contributed by atoms with E-state index < -0.39 is 17.7 Å². The lowest BCUT2D eigenvalue weighted by Crippen LogP contribution is -2.21. The van der Waals surface area contributed by atoms with E-state index >= 15 is 0 Å². The third-order valence-corrected chi connectivity index (χ3v) is 3.57. The van der Waals surface area contributed by atoms with Crippen LogP contribution >= 0.6 is 15.9 Å². The van der Waals surface area contributed by atoms with E-state index in [0.29, 0.717) is 0 Å². The summed E-state index contributed by atoms with van der Waals surface area (Å²) >= 11 is 3.01. The number of hydrogen-bond acceptors (Lipinski definition) is 1. The molecular weight excluding hydrogens is 290 g/mol. The van der Waals surface area contributed by atoms with Gasteiger partial charge in [0, 0.05) is 12.0 Å². The highest BCUT2D eigenvalue weighted by atomic mass is 79.9. The summed E-state index contributed by atoms with van der Waals surface area (Å²) < 4.78 is 27.4. The van der Waals surface area contributed by atoms with E-state index in [9.17, 15) is 13.9 Å². The van der Waals surface area contributed by atoms with E-state index in [1.54, 1.807) is 0 Å². The minimum absolute atomic E-state index is 0.0122. The molecule has 0 saturated carbocycles. The highest BCUT2D eigenvalue weighted by Crippen LogP contribution is 2.24. The molecule has 2 atom stereocenters. The number of aliphatic hydroxyl groups is 1. The van der Waals surface area contributed by atoms with Crippen molar-refractivity contribution in [3.8, 4) is 0 Å². The zero-order valence-electron chi connectivity index (χ0n) is 10.0. The van der Waals surface area contributed by atoms with Gasteiger partial charge in [-0.3, -0.25) is 0 Å². The fourth-order valence-electron chi connectivity index (χ4n) is 1.81. The van der Waals surface area contributed by atoms with Crippen molar-refractivity contribution in [2.24, 2.45) is 5.92 Å². The van der Waals surface area contributed by atoms with Gasteiger partial charge < -0.3 is 5.11 Å². The quantitative estimate of drug-likeness (QED) is 0.813. The third kappa shape index (κ3) is 3.75. The van der Waals surface area contributed by atoms with Crippen LogP contribution in [0.1, 0.15) is 32.3 Å². The second kappa shape index (κ2) is 6.45. The molecular formula is C13H17BrF2O. The Morgan fingerprint density at radius 2 is 2.00 bits per heavy atom. The third-order valence-electron chi connectivity index (χ3n) is 2.95. The van der Waals surface area contributed by atoms with Gasteiger partial charge in [-0.05, 0) is 40.4 Å². The molecule has 96 valence electrons. The van der Waals surface area contributed by atoms with Crippen molar-refractivity contribution in [2.75, 3.05) is 0 Å². The molecule has 0 aliphatic rings. The van der Waals surface area contributed by atoms with Crippen molar-refractivity contribution >= 4 is 15.9 Å². The zero-order valence-corrected chi connectivity index (χ0v) is 11.6. The normalized spacial score (nSPS) is 14.7. The zero-order chi connectivity index (χ0) is 13.0. The minimum Gasteiger partial charge on any atom is -0.393 e. The Hall–Kier alpha value is -0.480. The predicted octanol–water partition coefficient (Wildman–Crippen LogP) is 4.07. The van der Waals surface area contributed by atoms with E-state index in [1.807, 2.05) is 13.8 Å².